The number of aromatic nitrogens is 2. The Balaban J connectivity index is 2.20. The molecule has 18 heavy (non-hydrogen) atoms. The molecule has 0 saturated heterocycles. The van der Waals surface area contributed by atoms with Crippen molar-refractivity contribution in [2.45, 2.75) is 20.0 Å². The third-order valence-electron chi connectivity index (χ3n) is 2.56. The maximum absolute atomic E-state index is 13.1. The van der Waals surface area contributed by atoms with E-state index in [-0.39, 0.29) is 12.4 Å². The van der Waals surface area contributed by atoms with E-state index in [9.17, 15) is 4.39 Å². The summed E-state index contributed by atoms with van der Waals surface area (Å²) < 4.78 is 13.1. The van der Waals surface area contributed by atoms with Crippen LogP contribution in [-0.2, 0) is 13.1 Å². The third kappa shape index (κ3) is 2.83. The second kappa shape index (κ2) is 5.41. The molecule has 0 radical (unpaired) electrons. The van der Waals surface area contributed by atoms with E-state index in [1.165, 1.54) is 12.3 Å². The minimum absolute atomic E-state index is 0.264. The fourth-order valence-electron chi connectivity index (χ4n) is 1.77. The van der Waals surface area contributed by atoms with Crippen LogP contribution in [0.15, 0.2) is 17.6 Å². The lowest BCUT2D eigenvalue weighted by molar-refractivity contribution is 0.617. The van der Waals surface area contributed by atoms with Crippen LogP contribution in [0.5, 0.6) is 0 Å². The summed E-state index contributed by atoms with van der Waals surface area (Å²) in [4.78, 5) is 10.4. The third-order valence-corrected chi connectivity index (χ3v) is 3.38. The van der Waals surface area contributed by atoms with Gasteiger partial charge in [-0.3, -0.25) is 0 Å². The summed E-state index contributed by atoms with van der Waals surface area (Å²) in [5, 5.41) is 3.04. The lowest BCUT2D eigenvalue weighted by atomic mass is 10.2. The first-order chi connectivity index (χ1) is 8.60. The van der Waals surface area contributed by atoms with Gasteiger partial charge in [-0.2, -0.15) is 0 Å². The molecule has 0 bridgehead atoms. The van der Waals surface area contributed by atoms with Crippen molar-refractivity contribution in [2.75, 3.05) is 11.9 Å². The molecule has 0 aliphatic rings. The van der Waals surface area contributed by atoms with Gasteiger partial charge in [-0.05, 0) is 13.0 Å². The maximum Gasteiger partial charge on any atom is 0.141 e. The van der Waals surface area contributed by atoms with Gasteiger partial charge in [0.15, 0.2) is 0 Å². The number of pyridine rings is 1. The molecule has 0 amide bonds. The summed E-state index contributed by atoms with van der Waals surface area (Å²) in [6.45, 7) is 2.87. The van der Waals surface area contributed by atoms with Crippen molar-refractivity contribution in [3.8, 4) is 0 Å². The van der Waals surface area contributed by atoms with E-state index in [4.69, 9.17) is 5.73 Å². The predicted molar refractivity (Wildman–Crippen MR) is 71.0 cm³/mol. The molecule has 6 heteroatoms. The smallest absolute Gasteiger partial charge is 0.141 e. The molecule has 0 aliphatic carbocycles. The van der Waals surface area contributed by atoms with Gasteiger partial charge in [0.1, 0.15) is 11.6 Å². The van der Waals surface area contributed by atoms with Gasteiger partial charge in [-0.25, -0.2) is 14.4 Å². The molecule has 0 unspecified atom stereocenters. The SMILES string of the molecule is Cc1nc(CN(C)c2ncc(F)cc2CN)cs1. The Labute approximate surface area is 109 Å². The largest absolute Gasteiger partial charge is 0.353 e. The zero-order valence-electron chi connectivity index (χ0n) is 10.4. The highest BCUT2D eigenvalue weighted by Crippen LogP contribution is 2.19. The van der Waals surface area contributed by atoms with E-state index < -0.39 is 0 Å². The molecule has 2 heterocycles. The first kappa shape index (κ1) is 12.9. The summed E-state index contributed by atoms with van der Waals surface area (Å²) in [6.07, 6.45) is 1.21. The molecule has 2 aromatic rings. The first-order valence-corrected chi connectivity index (χ1v) is 6.44. The Kier molecular flexibility index (Phi) is 3.88. The molecule has 0 atom stereocenters. The second-order valence-corrected chi connectivity index (χ2v) is 5.12. The van der Waals surface area contributed by atoms with Crippen LogP contribution in [0.1, 0.15) is 16.3 Å². The van der Waals surface area contributed by atoms with Crippen molar-refractivity contribution in [3.63, 3.8) is 0 Å². The molecule has 0 spiro atoms. The van der Waals surface area contributed by atoms with Crippen LogP contribution >= 0.6 is 11.3 Å². The minimum Gasteiger partial charge on any atom is -0.353 e. The number of nitrogens with zero attached hydrogens (tertiary/aromatic N) is 3. The number of hydrogen-bond acceptors (Lipinski definition) is 5. The number of aryl methyl sites for hydroxylation is 1. The topological polar surface area (TPSA) is 55.0 Å². The normalized spacial score (nSPS) is 10.7. The van der Waals surface area contributed by atoms with Gasteiger partial charge in [-0.15, -0.1) is 11.3 Å². The first-order valence-electron chi connectivity index (χ1n) is 5.56. The number of thiazole rings is 1. The standard InChI is InChI=1S/C12H15FN4S/c1-8-16-11(7-18-8)6-17(2)12-9(4-14)3-10(13)5-15-12/h3,5,7H,4,6,14H2,1-2H3. The Bertz CT molecular complexity index is 541. The average molecular weight is 266 g/mol. The summed E-state index contributed by atoms with van der Waals surface area (Å²) in [5.41, 5.74) is 7.29. The molecule has 4 nitrogen and oxygen atoms in total. The number of halogens is 1. The molecular weight excluding hydrogens is 251 g/mol. The van der Waals surface area contributed by atoms with Crippen molar-refractivity contribution >= 4 is 17.2 Å². The average Bonchev–Trinajstić information content (AvgIpc) is 2.74. The number of rotatable bonds is 4. The fourth-order valence-corrected chi connectivity index (χ4v) is 2.37. The van der Waals surface area contributed by atoms with E-state index >= 15 is 0 Å². The fraction of sp³-hybridized carbons (Fsp3) is 0.333. The Morgan fingerprint density at radius 3 is 2.89 bits per heavy atom. The highest BCUT2D eigenvalue weighted by molar-refractivity contribution is 7.09. The molecule has 96 valence electrons. The zero-order chi connectivity index (χ0) is 13.1. The molecular formula is C12H15FN4S. The van der Waals surface area contributed by atoms with Crippen molar-refractivity contribution in [2.24, 2.45) is 5.73 Å². The zero-order valence-corrected chi connectivity index (χ0v) is 11.2. The van der Waals surface area contributed by atoms with Gasteiger partial charge >= 0.3 is 0 Å². The monoisotopic (exact) mass is 266 g/mol. The van der Waals surface area contributed by atoms with E-state index in [0.717, 1.165) is 10.7 Å². The van der Waals surface area contributed by atoms with E-state index in [0.29, 0.717) is 17.9 Å². The molecule has 0 saturated carbocycles. The van der Waals surface area contributed by atoms with Crippen molar-refractivity contribution in [1.29, 1.82) is 0 Å². The van der Waals surface area contributed by atoms with Crippen LogP contribution in [0, 0.1) is 12.7 Å². The predicted octanol–water partition coefficient (Wildman–Crippen LogP) is 2.08. The molecule has 0 aliphatic heterocycles. The Morgan fingerprint density at radius 1 is 1.50 bits per heavy atom. The highest BCUT2D eigenvalue weighted by Gasteiger charge is 2.11. The number of hydrogen-bond donors (Lipinski definition) is 1. The molecule has 2 rings (SSSR count). The number of nitrogens with two attached hydrogens (primary N) is 1. The highest BCUT2D eigenvalue weighted by atomic mass is 32.1. The summed E-state index contributed by atoms with van der Waals surface area (Å²) in [6, 6.07) is 1.42. The van der Waals surface area contributed by atoms with Gasteiger partial charge in [0.25, 0.3) is 0 Å². The summed E-state index contributed by atoms with van der Waals surface area (Å²) >= 11 is 1.61. The van der Waals surface area contributed by atoms with Crippen LogP contribution < -0.4 is 10.6 Å². The van der Waals surface area contributed by atoms with Crippen LogP contribution in [-0.4, -0.2) is 17.0 Å². The second-order valence-electron chi connectivity index (χ2n) is 4.05. The minimum atomic E-state index is -0.364. The molecule has 0 aromatic carbocycles. The van der Waals surface area contributed by atoms with Crippen LogP contribution in [0.3, 0.4) is 0 Å². The van der Waals surface area contributed by atoms with Crippen LogP contribution in [0.25, 0.3) is 0 Å². The van der Waals surface area contributed by atoms with Gasteiger partial charge < -0.3 is 10.6 Å². The molecule has 2 aromatic heterocycles. The van der Waals surface area contributed by atoms with Crippen molar-refractivity contribution in [3.05, 3.63) is 39.7 Å². The van der Waals surface area contributed by atoms with Crippen molar-refractivity contribution in [1.82, 2.24) is 9.97 Å². The quantitative estimate of drug-likeness (QED) is 0.920. The summed E-state index contributed by atoms with van der Waals surface area (Å²) in [7, 11) is 1.90. The lowest BCUT2D eigenvalue weighted by Crippen LogP contribution is -2.20. The van der Waals surface area contributed by atoms with E-state index in [1.54, 1.807) is 11.3 Å². The van der Waals surface area contributed by atoms with E-state index in [1.807, 2.05) is 24.3 Å². The van der Waals surface area contributed by atoms with Gasteiger partial charge in [0, 0.05) is 24.5 Å². The Hall–Kier alpha value is -1.53. The summed E-state index contributed by atoms with van der Waals surface area (Å²) in [5.74, 6) is 0.335. The van der Waals surface area contributed by atoms with Crippen molar-refractivity contribution < 1.29 is 4.39 Å². The molecule has 0 fully saturated rings. The number of anilines is 1. The van der Waals surface area contributed by atoms with E-state index in [2.05, 4.69) is 9.97 Å². The Morgan fingerprint density at radius 2 is 2.28 bits per heavy atom. The lowest BCUT2D eigenvalue weighted by Gasteiger charge is -2.19. The van der Waals surface area contributed by atoms with Gasteiger partial charge in [-0.1, -0.05) is 0 Å². The van der Waals surface area contributed by atoms with Gasteiger partial charge in [0.2, 0.25) is 0 Å². The van der Waals surface area contributed by atoms with Gasteiger partial charge in [0.05, 0.1) is 23.4 Å². The maximum atomic E-state index is 13.1. The molecule has 2 N–H and O–H groups in total. The van der Waals surface area contributed by atoms with Crippen LogP contribution in [0.4, 0.5) is 10.2 Å². The van der Waals surface area contributed by atoms with Crippen LogP contribution in [0.2, 0.25) is 0 Å².